The molecule has 1 aromatic heterocycles. The number of hydrogen-bond acceptors (Lipinski definition) is 4. The standard InChI is InChI=1S/C11H14N2O4S/c14-11(15)8-13(7-9-3-4-9)18(16,17)10-2-1-5-12-6-10/h1-2,5-6,9H,3-4,7-8H2,(H,14,15). The first-order valence-electron chi connectivity index (χ1n) is 5.62. The van der Waals surface area contributed by atoms with E-state index in [9.17, 15) is 13.2 Å². The number of aliphatic carboxylic acids is 1. The van der Waals surface area contributed by atoms with Crippen LogP contribution in [-0.4, -0.2) is 41.9 Å². The van der Waals surface area contributed by atoms with Gasteiger partial charge in [-0.2, -0.15) is 4.31 Å². The summed E-state index contributed by atoms with van der Waals surface area (Å²) in [6, 6.07) is 2.94. The maximum Gasteiger partial charge on any atom is 0.318 e. The van der Waals surface area contributed by atoms with Crippen LogP contribution in [-0.2, 0) is 14.8 Å². The highest BCUT2D eigenvalue weighted by Crippen LogP contribution is 2.31. The number of carbonyl (C=O) groups is 1. The highest BCUT2D eigenvalue weighted by molar-refractivity contribution is 7.89. The Morgan fingerprint density at radius 2 is 2.22 bits per heavy atom. The highest BCUT2D eigenvalue weighted by Gasteiger charge is 2.32. The van der Waals surface area contributed by atoms with Crippen molar-refractivity contribution < 1.29 is 18.3 Å². The van der Waals surface area contributed by atoms with Crippen molar-refractivity contribution in [2.24, 2.45) is 5.92 Å². The largest absolute Gasteiger partial charge is 0.480 e. The summed E-state index contributed by atoms with van der Waals surface area (Å²) in [5.41, 5.74) is 0. The van der Waals surface area contributed by atoms with Crippen LogP contribution in [0.15, 0.2) is 29.4 Å². The molecule has 18 heavy (non-hydrogen) atoms. The number of hydrogen-bond donors (Lipinski definition) is 1. The minimum absolute atomic E-state index is 0.0342. The van der Waals surface area contributed by atoms with Crippen molar-refractivity contribution in [1.82, 2.24) is 9.29 Å². The third kappa shape index (κ3) is 3.05. The number of carboxylic acid groups (broad SMARTS) is 1. The molecule has 1 N–H and O–H groups in total. The molecule has 2 rings (SSSR count). The topological polar surface area (TPSA) is 87.6 Å². The van der Waals surface area contributed by atoms with E-state index in [4.69, 9.17) is 5.11 Å². The Bertz CT molecular complexity index is 525. The van der Waals surface area contributed by atoms with Gasteiger partial charge >= 0.3 is 5.97 Å². The Morgan fingerprint density at radius 1 is 1.50 bits per heavy atom. The number of sulfonamides is 1. The predicted octanol–water partition coefficient (Wildman–Crippen LogP) is 0.567. The van der Waals surface area contributed by atoms with Gasteiger partial charge in [0.2, 0.25) is 10.0 Å². The quantitative estimate of drug-likeness (QED) is 0.816. The van der Waals surface area contributed by atoms with Gasteiger partial charge < -0.3 is 5.11 Å². The van der Waals surface area contributed by atoms with Gasteiger partial charge in [0, 0.05) is 18.9 Å². The maximum atomic E-state index is 12.3. The molecule has 1 saturated carbocycles. The lowest BCUT2D eigenvalue weighted by Crippen LogP contribution is -2.37. The zero-order valence-corrected chi connectivity index (χ0v) is 10.5. The van der Waals surface area contributed by atoms with E-state index in [1.807, 2.05) is 0 Å². The van der Waals surface area contributed by atoms with Gasteiger partial charge in [0.1, 0.15) is 11.4 Å². The van der Waals surface area contributed by atoms with Gasteiger partial charge in [-0.05, 0) is 30.9 Å². The van der Waals surface area contributed by atoms with Crippen LogP contribution < -0.4 is 0 Å². The molecule has 0 amide bonds. The smallest absolute Gasteiger partial charge is 0.318 e. The molecule has 0 radical (unpaired) electrons. The van der Waals surface area contributed by atoms with E-state index in [1.165, 1.54) is 24.5 Å². The lowest BCUT2D eigenvalue weighted by Gasteiger charge is -2.19. The van der Waals surface area contributed by atoms with Crippen molar-refractivity contribution in [3.8, 4) is 0 Å². The summed E-state index contributed by atoms with van der Waals surface area (Å²) >= 11 is 0. The summed E-state index contributed by atoms with van der Waals surface area (Å²) in [5, 5.41) is 8.81. The molecule has 0 atom stereocenters. The Kier molecular flexibility index (Phi) is 3.63. The van der Waals surface area contributed by atoms with Crippen LogP contribution in [0, 0.1) is 5.92 Å². The van der Waals surface area contributed by atoms with Gasteiger partial charge in [0.05, 0.1) is 0 Å². The highest BCUT2D eigenvalue weighted by atomic mass is 32.2. The molecule has 0 aliphatic heterocycles. The molecule has 1 heterocycles. The first-order chi connectivity index (χ1) is 8.50. The monoisotopic (exact) mass is 270 g/mol. The van der Waals surface area contributed by atoms with Gasteiger partial charge in [-0.3, -0.25) is 9.78 Å². The summed E-state index contributed by atoms with van der Waals surface area (Å²) < 4.78 is 25.5. The third-order valence-corrected chi connectivity index (χ3v) is 4.54. The van der Waals surface area contributed by atoms with E-state index < -0.39 is 22.5 Å². The first kappa shape index (κ1) is 13.0. The summed E-state index contributed by atoms with van der Waals surface area (Å²) in [7, 11) is -3.76. The minimum Gasteiger partial charge on any atom is -0.480 e. The molecule has 0 aromatic carbocycles. The second-order valence-corrected chi connectivity index (χ2v) is 6.26. The van der Waals surface area contributed by atoms with Gasteiger partial charge in [0.25, 0.3) is 0 Å². The van der Waals surface area contributed by atoms with Crippen LogP contribution in [0.4, 0.5) is 0 Å². The van der Waals surface area contributed by atoms with E-state index in [2.05, 4.69) is 4.98 Å². The second kappa shape index (κ2) is 5.03. The van der Waals surface area contributed by atoms with Gasteiger partial charge in [-0.1, -0.05) is 0 Å². The number of carboxylic acids is 1. The molecule has 6 nitrogen and oxygen atoms in total. The molecule has 1 fully saturated rings. The zero-order valence-electron chi connectivity index (χ0n) is 9.69. The second-order valence-electron chi connectivity index (χ2n) is 4.32. The fraction of sp³-hybridized carbons (Fsp3) is 0.455. The predicted molar refractivity (Wildman–Crippen MR) is 63.4 cm³/mol. The van der Waals surface area contributed by atoms with Crippen LogP contribution in [0.1, 0.15) is 12.8 Å². The van der Waals surface area contributed by atoms with Gasteiger partial charge in [-0.25, -0.2) is 8.42 Å². The molecule has 7 heteroatoms. The summed E-state index contributed by atoms with van der Waals surface area (Å²) in [6.07, 6.45) is 4.62. The number of nitrogens with zero attached hydrogens (tertiary/aromatic N) is 2. The molecule has 1 aromatic rings. The lowest BCUT2D eigenvalue weighted by molar-refractivity contribution is -0.137. The van der Waals surface area contributed by atoms with E-state index in [0.717, 1.165) is 17.1 Å². The van der Waals surface area contributed by atoms with Gasteiger partial charge in [-0.15, -0.1) is 0 Å². The molecule has 98 valence electrons. The average Bonchev–Trinajstić information content (AvgIpc) is 3.13. The lowest BCUT2D eigenvalue weighted by atomic mass is 10.4. The zero-order chi connectivity index (χ0) is 13.2. The SMILES string of the molecule is O=C(O)CN(CC1CC1)S(=O)(=O)c1cccnc1. The molecule has 1 aliphatic carbocycles. The Balaban J connectivity index is 2.25. The van der Waals surface area contributed by atoms with Crippen molar-refractivity contribution in [3.63, 3.8) is 0 Å². The Hall–Kier alpha value is -1.47. The number of rotatable bonds is 6. The number of pyridine rings is 1. The Labute approximate surface area is 105 Å². The van der Waals surface area contributed by atoms with Crippen molar-refractivity contribution >= 4 is 16.0 Å². The summed E-state index contributed by atoms with van der Waals surface area (Å²) in [4.78, 5) is 14.6. The van der Waals surface area contributed by atoms with Gasteiger partial charge in [0.15, 0.2) is 0 Å². The summed E-state index contributed by atoms with van der Waals surface area (Å²) in [5.74, 6) is -0.862. The van der Waals surface area contributed by atoms with Crippen LogP contribution >= 0.6 is 0 Å². The fourth-order valence-electron chi connectivity index (χ4n) is 1.64. The first-order valence-corrected chi connectivity index (χ1v) is 7.06. The van der Waals surface area contributed by atoms with Crippen LogP contribution in [0.2, 0.25) is 0 Å². The Morgan fingerprint density at radius 3 is 2.72 bits per heavy atom. The van der Waals surface area contributed by atoms with Crippen LogP contribution in [0.5, 0.6) is 0 Å². The van der Waals surface area contributed by atoms with Crippen LogP contribution in [0.25, 0.3) is 0 Å². The molecule has 1 aliphatic rings. The van der Waals surface area contributed by atoms with E-state index in [1.54, 1.807) is 0 Å². The molecule has 0 spiro atoms. The molecule has 0 bridgehead atoms. The maximum absolute atomic E-state index is 12.3. The van der Waals surface area contributed by atoms with E-state index in [-0.39, 0.29) is 17.4 Å². The summed E-state index contributed by atoms with van der Waals surface area (Å²) in [6.45, 7) is -0.239. The molecule has 0 unspecified atom stereocenters. The van der Waals surface area contributed by atoms with E-state index >= 15 is 0 Å². The molecular weight excluding hydrogens is 256 g/mol. The fourth-order valence-corrected chi connectivity index (χ4v) is 3.07. The minimum atomic E-state index is -3.76. The number of aromatic nitrogens is 1. The normalized spacial score (nSPS) is 15.8. The van der Waals surface area contributed by atoms with Crippen LogP contribution in [0.3, 0.4) is 0 Å². The van der Waals surface area contributed by atoms with Crippen molar-refractivity contribution in [1.29, 1.82) is 0 Å². The van der Waals surface area contributed by atoms with Crippen molar-refractivity contribution in [2.75, 3.05) is 13.1 Å². The van der Waals surface area contributed by atoms with Crippen molar-refractivity contribution in [3.05, 3.63) is 24.5 Å². The van der Waals surface area contributed by atoms with E-state index in [0.29, 0.717) is 0 Å². The average molecular weight is 270 g/mol. The molecule has 0 saturated heterocycles. The third-order valence-electron chi connectivity index (χ3n) is 2.74. The molecular formula is C11H14N2O4S. The van der Waals surface area contributed by atoms with Crippen molar-refractivity contribution in [2.45, 2.75) is 17.7 Å².